The first-order valence-electron chi connectivity index (χ1n) is 14.8. The number of aliphatic hydroxyl groups is 1. The molecule has 9 nitrogen and oxygen atoms in total. The van der Waals surface area contributed by atoms with Crippen molar-refractivity contribution in [1.29, 1.82) is 0 Å². The molecule has 5 N–H and O–H groups in total. The van der Waals surface area contributed by atoms with Gasteiger partial charge in [-0.2, -0.15) is 0 Å². The molecule has 0 spiro atoms. The van der Waals surface area contributed by atoms with E-state index in [1.54, 1.807) is 14.2 Å². The Morgan fingerprint density at radius 2 is 1.74 bits per heavy atom. The van der Waals surface area contributed by atoms with Crippen molar-refractivity contribution in [2.45, 2.75) is 63.6 Å². The first kappa shape index (κ1) is 31.5. The Morgan fingerprint density at radius 1 is 1.00 bits per heavy atom. The molecule has 0 aromatic heterocycles. The lowest BCUT2D eigenvalue weighted by Crippen LogP contribution is -2.44. The Labute approximate surface area is 248 Å². The molecule has 4 rings (SSSR count). The predicted octanol–water partition coefficient (Wildman–Crippen LogP) is 3.68. The zero-order valence-electron chi connectivity index (χ0n) is 25.1. The molecule has 1 aliphatic carbocycles. The largest absolute Gasteiger partial charge is 0.493 e. The van der Waals surface area contributed by atoms with E-state index in [1.165, 1.54) is 5.56 Å². The molecule has 0 heterocycles. The van der Waals surface area contributed by atoms with Gasteiger partial charge in [-0.15, -0.1) is 0 Å². The van der Waals surface area contributed by atoms with Crippen molar-refractivity contribution in [2.75, 3.05) is 44.6 Å². The molecule has 3 aromatic carbocycles. The van der Waals surface area contributed by atoms with Gasteiger partial charge in [0.1, 0.15) is 11.4 Å². The van der Waals surface area contributed by atoms with Gasteiger partial charge in [-0.25, -0.2) is 0 Å². The van der Waals surface area contributed by atoms with E-state index in [4.69, 9.17) is 19.9 Å². The van der Waals surface area contributed by atoms with Crippen LogP contribution < -0.4 is 36.7 Å². The average molecular weight is 580 g/mol. The SMILES string of the molecule is COCCCOc1cc(C[C@@H](C[C@H](N)[C@@H](O)CNc2c(N[C@H]3C[C@@H]3c3ccccc3)c(=O)c2=O)C(C)C)ccc1OC. The van der Waals surface area contributed by atoms with Gasteiger partial charge in [-0.05, 0) is 54.4 Å². The summed E-state index contributed by atoms with van der Waals surface area (Å²) in [6.45, 7) is 5.54. The maximum Gasteiger partial charge on any atom is 0.253 e. The number of rotatable bonds is 18. The molecule has 0 saturated heterocycles. The van der Waals surface area contributed by atoms with Crippen LogP contribution in [0.15, 0.2) is 58.1 Å². The van der Waals surface area contributed by atoms with Crippen LogP contribution in [0.4, 0.5) is 11.4 Å². The topological polar surface area (TPSA) is 132 Å². The monoisotopic (exact) mass is 579 g/mol. The Kier molecular flexibility index (Phi) is 11.0. The van der Waals surface area contributed by atoms with Crippen LogP contribution >= 0.6 is 0 Å². The minimum Gasteiger partial charge on any atom is -0.493 e. The van der Waals surface area contributed by atoms with Gasteiger partial charge in [0.05, 0.1) is 19.8 Å². The van der Waals surface area contributed by atoms with Crippen LogP contribution in [-0.2, 0) is 11.2 Å². The van der Waals surface area contributed by atoms with Crippen molar-refractivity contribution in [1.82, 2.24) is 0 Å². The number of ether oxygens (including phenoxy) is 3. The van der Waals surface area contributed by atoms with E-state index in [0.29, 0.717) is 48.7 Å². The highest BCUT2D eigenvalue weighted by Gasteiger charge is 2.40. The second kappa shape index (κ2) is 14.7. The van der Waals surface area contributed by atoms with Gasteiger partial charge in [-0.1, -0.05) is 50.2 Å². The molecule has 0 unspecified atom stereocenters. The molecular formula is C33H45N3O6. The lowest BCUT2D eigenvalue weighted by atomic mass is 9.83. The first-order valence-corrected chi connectivity index (χ1v) is 14.8. The fourth-order valence-electron chi connectivity index (χ4n) is 5.41. The third-order valence-electron chi connectivity index (χ3n) is 8.23. The maximum atomic E-state index is 12.3. The molecule has 0 radical (unpaired) electrons. The number of hydrogen-bond acceptors (Lipinski definition) is 9. The summed E-state index contributed by atoms with van der Waals surface area (Å²) in [4.78, 5) is 24.6. The summed E-state index contributed by atoms with van der Waals surface area (Å²) in [6.07, 6.45) is 2.15. The van der Waals surface area contributed by atoms with Crippen LogP contribution in [0.2, 0.25) is 0 Å². The summed E-state index contributed by atoms with van der Waals surface area (Å²) < 4.78 is 16.5. The van der Waals surface area contributed by atoms with E-state index in [1.807, 2.05) is 36.4 Å². The molecule has 9 heteroatoms. The number of nitrogens with two attached hydrogens (primary N) is 1. The lowest BCUT2D eigenvalue weighted by Gasteiger charge is -2.28. The predicted molar refractivity (Wildman–Crippen MR) is 167 cm³/mol. The summed E-state index contributed by atoms with van der Waals surface area (Å²) in [6, 6.07) is 15.7. The molecule has 228 valence electrons. The van der Waals surface area contributed by atoms with Gasteiger partial charge in [-0.3, -0.25) is 9.59 Å². The van der Waals surface area contributed by atoms with Crippen LogP contribution in [0.5, 0.6) is 11.5 Å². The molecule has 0 amide bonds. The number of nitrogens with one attached hydrogen (secondary N) is 2. The molecule has 0 bridgehead atoms. The van der Waals surface area contributed by atoms with Gasteiger partial charge in [0.2, 0.25) is 0 Å². The zero-order valence-corrected chi connectivity index (χ0v) is 25.1. The van der Waals surface area contributed by atoms with Crippen molar-refractivity contribution >= 4 is 11.4 Å². The molecule has 1 fully saturated rings. The van der Waals surface area contributed by atoms with Gasteiger partial charge >= 0.3 is 0 Å². The molecule has 42 heavy (non-hydrogen) atoms. The number of methoxy groups -OCH3 is 2. The smallest absolute Gasteiger partial charge is 0.253 e. The highest BCUT2D eigenvalue weighted by molar-refractivity contribution is 5.75. The van der Waals surface area contributed by atoms with E-state index in [0.717, 1.165) is 24.8 Å². The second-order valence-electron chi connectivity index (χ2n) is 11.6. The van der Waals surface area contributed by atoms with Crippen molar-refractivity contribution < 1.29 is 19.3 Å². The summed E-state index contributed by atoms with van der Waals surface area (Å²) in [5.74, 6) is 2.22. The number of aliphatic hydroxyl groups excluding tert-OH is 1. The fraction of sp³-hybridized carbons (Fsp3) is 0.515. The third kappa shape index (κ3) is 7.91. The van der Waals surface area contributed by atoms with E-state index < -0.39 is 23.0 Å². The Bertz CT molecular complexity index is 1350. The minimum absolute atomic E-state index is 0.0836. The Hall–Kier alpha value is -3.40. The minimum atomic E-state index is -0.892. The van der Waals surface area contributed by atoms with Crippen molar-refractivity contribution in [3.63, 3.8) is 0 Å². The fourth-order valence-corrected chi connectivity index (χ4v) is 5.41. The van der Waals surface area contributed by atoms with Crippen LogP contribution in [0.1, 0.15) is 50.2 Å². The third-order valence-corrected chi connectivity index (χ3v) is 8.23. The summed E-state index contributed by atoms with van der Waals surface area (Å²) in [7, 11) is 3.29. The van der Waals surface area contributed by atoms with Gasteiger partial charge < -0.3 is 35.7 Å². The summed E-state index contributed by atoms with van der Waals surface area (Å²) >= 11 is 0. The van der Waals surface area contributed by atoms with Crippen molar-refractivity contribution in [3.8, 4) is 11.5 Å². The van der Waals surface area contributed by atoms with Crippen LogP contribution in [0.25, 0.3) is 0 Å². The molecule has 3 aromatic rings. The number of benzene rings is 2. The Balaban J connectivity index is 1.31. The van der Waals surface area contributed by atoms with Crippen molar-refractivity contribution in [2.24, 2.45) is 17.6 Å². The average Bonchev–Trinajstić information content (AvgIpc) is 3.78. The highest BCUT2D eigenvalue weighted by atomic mass is 16.5. The quantitative estimate of drug-likeness (QED) is 0.132. The number of hydrogen-bond donors (Lipinski definition) is 4. The van der Waals surface area contributed by atoms with Gasteiger partial charge in [0.25, 0.3) is 10.9 Å². The standard InChI is InChI=1S/C33H45N3O6/c1-20(2)23(15-21-11-12-28(41-4)29(16-21)42-14-8-13-40-3)17-25(34)27(37)19-35-30-31(33(39)32(30)38)36-26-18-24(26)22-9-6-5-7-10-22/h5-7,9-12,16,20,23-27,35-37H,8,13-15,17-19,34H2,1-4H3/t23-,24+,25-,26-,27-/m0/s1. The molecule has 5 atom stereocenters. The van der Waals surface area contributed by atoms with E-state index in [9.17, 15) is 14.7 Å². The van der Waals surface area contributed by atoms with E-state index in [2.05, 4.69) is 36.6 Å². The van der Waals surface area contributed by atoms with Crippen LogP contribution in [0.3, 0.4) is 0 Å². The number of anilines is 2. The Morgan fingerprint density at radius 3 is 2.43 bits per heavy atom. The lowest BCUT2D eigenvalue weighted by molar-refractivity contribution is 0.137. The molecule has 0 aliphatic heterocycles. The van der Waals surface area contributed by atoms with Crippen LogP contribution in [0, 0.1) is 11.8 Å². The van der Waals surface area contributed by atoms with Gasteiger partial charge in [0.15, 0.2) is 11.5 Å². The molecular weight excluding hydrogens is 534 g/mol. The summed E-state index contributed by atoms with van der Waals surface area (Å²) in [5, 5.41) is 17.1. The van der Waals surface area contributed by atoms with Crippen LogP contribution in [-0.4, -0.2) is 57.3 Å². The second-order valence-corrected chi connectivity index (χ2v) is 11.6. The maximum absolute atomic E-state index is 12.3. The molecule has 1 aliphatic rings. The van der Waals surface area contributed by atoms with Crippen molar-refractivity contribution in [3.05, 3.63) is 80.1 Å². The summed E-state index contributed by atoms with van der Waals surface area (Å²) in [5.41, 5.74) is 8.25. The normalized spacial score (nSPS) is 18.5. The van der Waals surface area contributed by atoms with E-state index >= 15 is 0 Å². The van der Waals surface area contributed by atoms with Gasteiger partial charge in [0, 0.05) is 44.7 Å². The molecule has 1 saturated carbocycles. The van der Waals surface area contributed by atoms with E-state index in [-0.39, 0.29) is 24.2 Å². The first-order chi connectivity index (χ1) is 20.2. The highest BCUT2D eigenvalue weighted by Crippen LogP contribution is 2.43. The zero-order chi connectivity index (χ0) is 30.2.